The number of hydrogen-bond acceptors (Lipinski definition) is 4. The van der Waals surface area contributed by atoms with Gasteiger partial charge in [0.1, 0.15) is 11.6 Å². The van der Waals surface area contributed by atoms with E-state index >= 15 is 0 Å². The molecule has 2 aromatic heterocycles. The average Bonchev–Trinajstić information content (AvgIpc) is 3.12. The predicted octanol–water partition coefficient (Wildman–Crippen LogP) is 5.51. The summed E-state index contributed by atoms with van der Waals surface area (Å²) < 4.78 is 1.46. The number of carbonyl (C=O) groups excluding carboxylic acids is 1. The molecule has 31 heavy (non-hydrogen) atoms. The van der Waals surface area contributed by atoms with Gasteiger partial charge in [-0.05, 0) is 68.3 Å². The van der Waals surface area contributed by atoms with E-state index in [0.29, 0.717) is 16.5 Å². The highest BCUT2D eigenvalue weighted by atomic mass is 35.5. The number of nitrogens with zero attached hydrogens (tertiary/aromatic N) is 4. The molecule has 4 aromatic rings. The summed E-state index contributed by atoms with van der Waals surface area (Å²) in [6.07, 6.45) is 1.40. The smallest absolute Gasteiger partial charge is 0.308 e. The van der Waals surface area contributed by atoms with E-state index in [9.17, 15) is 10.1 Å². The van der Waals surface area contributed by atoms with Crippen molar-refractivity contribution in [3.05, 3.63) is 75.9 Å². The molecule has 2 N–H and O–H groups in total. The second-order valence-corrected chi connectivity index (χ2v) is 7.73. The lowest BCUT2D eigenvalue weighted by molar-refractivity contribution is 0.262. The van der Waals surface area contributed by atoms with Crippen molar-refractivity contribution in [1.29, 1.82) is 5.26 Å². The topological polar surface area (TPSA) is 95.6 Å². The molecular formula is C23H19ClN6O. The SMILES string of the molecule is Cc1cc(C)c2nc(-n3ncc(C#N)c3NC(=O)Nc3ccc(Cl)cc3)cc(C)c2c1. The highest BCUT2D eigenvalue weighted by molar-refractivity contribution is 6.30. The molecule has 0 aliphatic rings. The van der Waals surface area contributed by atoms with Crippen LogP contribution in [-0.2, 0) is 0 Å². The third kappa shape index (κ3) is 4.06. The average molecular weight is 431 g/mol. The number of anilines is 2. The fourth-order valence-corrected chi connectivity index (χ4v) is 3.59. The van der Waals surface area contributed by atoms with Crippen molar-refractivity contribution in [1.82, 2.24) is 14.8 Å². The summed E-state index contributed by atoms with van der Waals surface area (Å²) in [5.74, 6) is 0.755. The van der Waals surface area contributed by atoms with Crippen LogP contribution in [0.4, 0.5) is 16.3 Å². The molecule has 2 heterocycles. The van der Waals surface area contributed by atoms with Crippen LogP contribution in [0.1, 0.15) is 22.3 Å². The molecule has 0 atom stereocenters. The zero-order valence-electron chi connectivity index (χ0n) is 17.2. The highest BCUT2D eigenvalue weighted by Crippen LogP contribution is 2.26. The largest absolute Gasteiger partial charge is 0.324 e. The number of rotatable bonds is 3. The van der Waals surface area contributed by atoms with Crippen molar-refractivity contribution < 1.29 is 4.79 Å². The Balaban J connectivity index is 1.72. The van der Waals surface area contributed by atoms with Gasteiger partial charge in [0.15, 0.2) is 11.6 Å². The minimum Gasteiger partial charge on any atom is -0.308 e. The molecule has 0 unspecified atom stereocenters. The van der Waals surface area contributed by atoms with Crippen molar-refractivity contribution in [3.8, 4) is 11.9 Å². The van der Waals surface area contributed by atoms with E-state index in [2.05, 4.69) is 33.9 Å². The van der Waals surface area contributed by atoms with Crippen LogP contribution in [0.25, 0.3) is 16.7 Å². The lowest BCUT2D eigenvalue weighted by Crippen LogP contribution is -2.22. The van der Waals surface area contributed by atoms with Crippen molar-refractivity contribution in [3.63, 3.8) is 0 Å². The number of carbonyl (C=O) groups is 1. The summed E-state index contributed by atoms with van der Waals surface area (Å²) in [7, 11) is 0. The van der Waals surface area contributed by atoms with Crippen LogP contribution in [0, 0.1) is 32.1 Å². The van der Waals surface area contributed by atoms with Gasteiger partial charge >= 0.3 is 6.03 Å². The van der Waals surface area contributed by atoms with Crippen LogP contribution in [0.15, 0.2) is 48.7 Å². The number of fused-ring (bicyclic) bond motifs is 1. The van der Waals surface area contributed by atoms with Gasteiger partial charge in [0.25, 0.3) is 0 Å². The highest BCUT2D eigenvalue weighted by Gasteiger charge is 2.17. The number of nitrogens with one attached hydrogen (secondary N) is 2. The number of amides is 2. The van der Waals surface area contributed by atoms with Crippen molar-refractivity contribution in [2.75, 3.05) is 10.6 Å². The summed E-state index contributed by atoms with van der Waals surface area (Å²) in [5.41, 5.74) is 4.88. The first-order valence-electron chi connectivity index (χ1n) is 9.56. The first-order valence-corrected chi connectivity index (χ1v) is 9.94. The van der Waals surface area contributed by atoms with E-state index in [1.165, 1.54) is 10.9 Å². The lowest BCUT2D eigenvalue weighted by atomic mass is 10.0. The van der Waals surface area contributed by atoms with Gasteiger partial charge in [-0.15, -0.1) is 0 Å². The summed E-state index contributed by atoms with van der Waals surface area (Å²) >= 11 is 5.88. The van der Waals surface area contributed by atoms with E-state index in [0.717, 1.165) is 27.6 Å². The lowest BCUT2D eigenvalue weighted by Gasteiger charge is -2.13. The molecule has 0 saturated carbocycles. The van der Waals surface area contributed by atoms with Gasteiger partial charge in [-0.25, -0.2) is 9.78 Å². The summed E-state index contributed by atoms with van der Waals surface area (Å²) in [6, 6.07) is 14.3. The van der Waals surface area contributed by atoms with Crippen LogP contribution in [0.3, 0.4) is 0 Å². The van der Waals surface area contributed by atoms with Crippen molar-refractivity contribution >= 4 is 40.0 Å². The van der Waals surface area contributed by atoms with Gasteiger partial charge in [0, 0.05) is 16.1 Å². The minimum atomic E-state index is -0.509. The molecular weight excluding hydrogens is 412 g/mol. The maximum atomic E-state index is 12.6. The molecule has 0 saturated heterocycles. The van der Waals surface area contributed by atoms with Gasteiger partial charge in [-0.2, -0.15) is 15.0 Å². The second kappa shape index (κ2) is 8.09. The van der Waals surface area contributed by atoms with Gasteiger partial charge in [-0.3, -0.25) is 5.32 Å². The van der Waals surface area contributed by atoms with E-state index in [-0.39, 0.29) is 11.4 Å². The normalized spacial score (nSPS) is 10.7. The quantitative estimate of drug-likeness (QED) is 0.447. The Morgan fingerprint density at radius 1 is 1.06 bits per heavy atom. The molecule has 2 amide bonds. The third-order valence-electron chi connectivity index (χ3n) is 4.88. The van der Waals surface area contributed by atoms with Crippen LogP contribution < -0.4 is 10.6 Å². The molecule has 0 aliphatic carbocycles. The number of benzene rings is 2. The van der Waals surface area contributed by atoms with Crippen molar-refractivity contribution in [2.45, 2.75) is 20.8 Å². The van der Waals surface area contributed by atoms with Crippen LogP contribution in [0.2, 0.25) is 5.02 Å². The number of aromatic nitrogens is 3. The summed E-state index contributed by atoms with van der Waals surface area (Å²) in [4.78, 5) is 17.3. The van der Waals surface area contributed by atoms with E-state index in [1.54, 1.807) is 24.3 Å². The van der Waals surface area contributed by atoms with Gasteiger partial charge < -0.3 is 5.32 Å². The third-order valence-corrected chi connectivity index (χ3v) is 5.13. The van der Waals surface area contributed by atoms with Crippen LogP contribution >= 0.6 is 11.6 Å². The Hall–Kier alpha value is -3.89. The molecule has 8 heteroatoms. The zero-order chi connectivity index (χ0) is 22.1. The Morgan fingerprint density at radius 3 is 2.52 bits per heavy atom. The summed E-state index contributed by atoms with van der Waals surface area (Å²) in [6.45, 7) is 6.06. The minimum absolute atomic E-state index is 0.228. The predicted molar refractivity (Wildman–Crippen MR) is 122 cm³/mol. The van der Waals surface area contributed by atoms with Crippen LogP contribution in [-0.4, -0.2) is 20.8 Å². The molecule has 0 bridgehead atoms. The van der Waals surface area contributed by atoms with Crippen molar-refractivity contribution in [2.24, 2.45) is 0 Å². The molecule has 0 aliphatic heterocycles. The summed E-state index contributed by atoms with van der Waals surface area (Å²) in [5, 5.41) is 20.9. The molecule has 2 aromatic carbocycles. The monoisotopic (exact) mass is 430 g/mol. The number of pyridine rings is 1. The Morgan fingerprint density at radius 2 is 1.81 bits per heavy atom. The number of urea groups is 1. The zero-order valence-corrected chi connectivity index (χ0v) is 17.9. The first-order chi connectivity index (χ1) is 14.9. The molecule has 154 valence electrons. The fraction of sp³-hybridized carbons (Fsp3) is 0.130. The van der Waals surface area contributed by atoms with Crippen LogP contribution in [0.5, 0.6) is 0 Å². The molecule has 0 fully saturated rings. The number of nitriles is 1. The first kappa shape index (κ1) is 20.4. The number of halogens is 1. The Labute approximate surface area is 184 Å². The van der Waals surface area contributed by atoms with Gasteiger partial charge in [0.2, 0.25) is 0 Å². The standard InChI is InChI=1S/C23H19ClN6O/c1-13-8-15(3)21-19(9-13)14(2)10-20(28-21)30-22(16(11-25)12-26-30)29-23(31)27-18-6-4-17(24)5-7-18/h4-10,12H,1-3H3,(H2,27,29,31). The maximum absolute atomic E-state index is 12.6. The van der Waals surface area contributed by atoms with E-state index < -0.39 is 6.03 Å². The Kier molecular flexibility index (Phi) is 5.32. The number of aryl methyl sites for hydroxylation is 3. The second-order valence-electron chi connectivity index (χ2n) is 7.29. The maximum Gasteiger partial charge on any atom is 0.324 e. The number of hydrogen-bond donors (Lipinski definition) is 2. The fourth-order valence-electron chi connectivity index (χ4n) is 3.46. The van der Waals surface area contributed by atoms with Gasteiger partial charge in [0.05, 0.1) is 11.7 Å². The molecule has 0 radical (unpaired) electrons. The van der Waals surface area contributed by atoms with E-state index in [1.807, 2.05) is 26.8 Å². The van der Waals surface area contributed by atoms with E-state index in [4.69, 9.17) is 16.6 Å². The molecule has 7 nitrogen and oxygen atoms in total. The molecule has 4 rings (SSSR count). The molecule has 0 spiro atoms. The van der Waals surface area contributed by atoms with Gasteiger partial charge in [-0.1, -0.05) is 23.2 Å². The Bertz CT molecular complexity index is 1350.